The molecular formula is C48H40Cl2F4. The summed E-state index contributed by atoms with van der Waals surface area (Å²) in [5.41, 5.74) is 10.8. The van der Waals surface area contributed by atoms with Crippen molar-refractivity contribution in [3.63, 3.8) is 0 Å². The first-order valence-corrected chi connectivity index (χ1v) is 18.2. The Bertz CT molecular complexity index is 2190. The van der Waals surface area contributed by atoms with Crippen LogP contribution in [0.15, 0.2) is 133 Å². The van der Waals surface area contributed by atoms with Crippen molar-refractivity contribution in [2.75, 3.05) is 0 Å². The average Bonchev–Trinajstić information content (AvgIpc) is 3.17. The van der Waals surface area contributed by atoms with Crippen molar-refractivity contribution < 1.29 is 17.6 Å². The SMILES string of the molecule is Cc1ccc(-c2ccc(-c3ccc(C)cc3)c(F)c2F)cc1.Cc1ccc(-c2ccc(C)c(Cl)c2F)cc1.Cc1ccc(-c2ccc(C)c(F)c2Cl)cc1. The predicted molar refractivity (Wildman–Crippen MR) is 219 cm³/mol. The molecule has 54 heavy (non-hydrogen) atoms. The van der Waals surface area contributed by atoms with E-state index >= 15 is 0 Å². The minimum Gasteiger partial charge on any atom is -0.205 e. The van der Waals surface area contributed by atoms with E-state index in [9.17, 15) is 17.6 Å². The first kappa shape index (κ1) is 40.0. The number of hydrogen-bond acceptors (Lipinski definition) is 0. The molecule has 0 aliphatic heterocycles. The third kappa shape index (κ3) is 9.49. The van der Waals surface area contributed by atoms with Gasteiger partial charge in [-0.05, 0) is 74.9 Å². The Balaban J connectivity index is 0.000000159. The summed E-state index contributed by atoms with van der Waals surface area (Å²) in [5.74, 6) is -2.28. The Hall–Kier alpha value is -5.16. The lowest BCUT2D eigenvalue weighted by Crippen LogP contribution is -1.94. The number of benzene rings is 7. The first-order chi connectivity index (χ1) is 25.7. The largest absolute Gasteiger partial charge is 0.205 e. The van der Waals surface area contributed by atoms with Crippen LogP contribution in [0.3, 0.4) is 0 Å². The second kappa shape index (κ2) is 17.8. The zero-order chi connectivity index (χ0) is 39.1. The van der Waals surface area contributed by atoms with Gasteiger partial charge >= 0.3 is 0 Å². The number of hydrogen-bond donors (Lipinski definition) is 0. The number of rotatable bonds is 4. The molecule has 0 saturated carbocycles. The van der Waals surface area contributed by atoms with Crippen LogP contribution in [-0.2, 0) is 0 Å². The van der Waals surface area contributed by atoms with E-state index < -0.39 is 11.6 Å². The van der Waals surface area contributed by atoms with Gasteiger partial charge in [-0.2, -0.15) is 0 Å². The van der Waals surface area contributed by atoms with Gasteiger partial charge in [0.2, 0.25) is 0 Å². The lowest BCUT2D eigenvalue weighted by Gasteiger charge is -2.09. The molecule has 0 unspecified atom stereocenters. The van der Waals surface area contributed by atoms with Gasteiger partial charge in [-0.1, -0.05) is 179 Å². The standard InChI is InChI=1S/C20H16F2.2C14H12ClF/c1-13-3-7-15(8-4-13)17-11-12-18(20(22)19(17)21)16-9-5-14(2)6-10-16;1-9-3-6-11(7-4-9)12-8-5-10(2)14(16)13(12)15;1-9-3-6-11(7-4-9)12-8-5-10(2)13(15)14(12)16/h3-12H,1-2H3;2*3-8H,1-2H3. The molecular weight excluding hydrogens is 723 g/mol. The minimum absolute atomic E-state index is 0.198. The van der Waals surface area contributed by atoms with Gasteiger partial charge in [0.25, 0.3) is 0 Å². The van der Waals surface area contributed by atoms with Crippen LogP contribution in [0.2, 0.25) is 10.0 Å². The molecule has 0 atom stereocenters. The van der Waals surface area contributed by atoms with Crippen LogP contribution in [0.25, 0.3) is 44.5 Å². The molecule has 7 aromatic carbocycles. The summed E-state index contributed by atoms with van der Waals surface area (Å²) in [6, 6.07) is 40.9. The molecule has 0 heterocycles. The smallest absolute Gasteiger partial charge is 0.167 e. The third-order valence-corrected chi connectivity index (χ3v) is 9.92. The van der Waals surface area contributed by atoms with E-state index in [0.717, 1.165) is 38.9 Å². The molecule has 0 bridgehead atoms. The summed E-state index contributed by atoms with van der Waals surface area (Å²) < 4.78 is 56.4. The Kier molecular flexibility index (Phi) is 13.2. The summed E-state index contributed by atoms with van der Waals surface area (Å²) in [6.07, 6.45) is 0. The van der Waals surface area contributed by atoms with E-state index in [1.54, 1.807) is 62.4 Å². The third-order valence-electron chi connectivity index (χ3n) is 9.08. The molecule has 0 aromatic heterocycles. The summed E-state index contributed by atoms with van der Waals surface area (Å²) in [4.78, 5) is 0. The zero-order valence-electron chi connectivity index (χ0n) is 31.0. The first-order valence-electron chi connectivity index (χ1n) is 17.4. The van der Waals surface area contributed by atoms with Crippen LogP contribution in [-0.4, -0.2) is 0 Å². The second-order valence-electron chi connectivity index (χ2n) is 13.4. The molecule has 0 spiro atoms. The second-order valence-corrected chi connectivity index (χ2v) is 14.1. The predicted octanol–water partition coefficient (Wildman–Crippen LogP) is 15.4. The van der Waals surface area contributed by atoms with E-state index in [0.29, 0.717) is 22.3 Å². The van der Waals surface area contributed by atoms with Gasteiger partial charge in [0.15, 0.2) is 11.6 Å². The highest BCUT2D eigenvalue weighted by Crippen LogP contribution is 2.34. The minimum atomic E-state index is -0.804. The molecule has 0 aliphatic rings. The maximum Gasteiger partial charge on any atom is 0.167 e. The molecule has 7 rings (SSSR count). The maximum atomic E-state index is 14.4. The van der Waals surface area contributed by atoms with E-state index in [1.165, 1.54) is 5.56 Å². The van der Waals surface area contributed by atoms with E-state index in [1.807, 2.05) is 113 Å². The topological polar surface area (TPSA) is 0 Å². The number of aryl methyl sites for hydroxylation is 6. The average molecular weight is 764 g/mol. The summed E-state index contributed by atoms with van der Waals surface area (Å²) >= 11 is 11.9. The molecule has 0 aliphatic carbocycles. The Morgan fingerprint density at radius 3 is 0.926 bits per heavy atom. The fraction of sp³-hybridized carbons (Fsp3) is 0.125. The van der Waals surface area contributed by atoms with Gasteiger partial charge in [-0.15, -0.1) is 0 Å². The van der Waals surface area contributed by atoms with E-state index in [4.69, 9.17) is 23.2 Å². The van der Waals surface area contributed by atoms with Crippen LogP contribution in [0.4, 0.5) is 17.6 Å². The summed E-state index contributed by atoms with van der Waals surface area (Å²) in [7, 11) is 0. The molecule has 0 radical (unpaired) electrons. The fourth-order valence-electron chi connectivity index (χ4n) is 5.67. The molecule has 0 saturated heterocycles. The van der Waals surface area contributed by atoms with Gasteiger partial charge in [-0.3, -0.25) is 0 Å². The lowest BCUT2D eigenvalue weighted by atomic mass is 9.98. The molecule has 7 aromatic rings. The normalized spacial score (nSPS) is 10.6. The van der Waals surface area contributed by atoms with Crippen molar-refractivity contribution >= 4 is 23.2 Å². The maximum absolute atomic E-state index is 14.4. The molecule has 0 N–H and O–H groups in total. The Labute approximate surface area is 325 Å². The highest BCUT2D eigenvalue weighted by molar-refractivity contribution is 6.33. The molecule has 0 amide bonds. The fourth-order valence-corrected chi connectivity index (χ4v) is 6.15. The van der Waals surface area contributed by atoms with Crippen molar-refractivity contribution in [3.8, 4) is 44.5 Å². The summed E-state index contributed by atoms with van der Waals surface area (Å²) in [6.45, 7) is 11.4. The monoisotopic (exact) mass is 762 g/mol. The van der Waals surface area contributed by atoms with Crippen LogP contribution < -0.4 is 0 Å². The number of halogens is 6. The molecule has 274 valence electrons. The van der Waals surface area contributed by atoms with Gasteiger partial charge < -0.3 is 0 Å². The zero-order valence-corrected chi connectivity index (χ0v) is 32.5. The Morgan fingerprint density at radius 2 is 0.556 bits per heavy atom. The van der Waals surface area contributed by atoms with Gasteiger partial charge in [0.1, 0.15) is 11.6 Å². The summed E-state index contributed by atoms with van der Waals surface area (Å²) in [5, 5.41) is 0.405. The van der Waals surface area contributed by atoms with Gasteiger partial charge in [-0.25, -0.2) is 17.6 Å². The van der Waals surface area contributed by atoms with Gasteiger partial charge in [0.05, 0.1) is 10.0 Å². The van der Waals surface area contributed by atoms with E-state index in [2.05, 4.69) is 0 Å². The quantitative estimate of drug-likeness (QED) is 0.157. The Morgan fingerprint density at radius 1 is 0.278 bits per heavy atom. The van der Waals surface area contributed by atoms with Crippen molar-refractivity contribution in [1.29, 1.82) is 0 Å². The van der Waals surface area contributed by atoms with Crippen LogP contribution >= 0.6 is 23.2 Å². The van der Waals surface area contributed by atoms with Crippen molar-refractivity contribution in [1.82, 2.24) is 0 Å². The van der Waals surface area contributed by atoms with Crippen LogP contribution in [0, 0.1) is 64.8 Å². The van der Waals surface area contributed by atoms with Crippen molar-refractivity contribution in [2.24, 2.45) is 0 Å². The van der Waals surface area contributed by atoms with Gasteiger partial charge in [0, 0.05) is 22.3 Å². The van der Waals surface area contributed by atoms with Crippen LogP contribution in [0.5, 0.6) is 0 Å². The lowest BCUT2D eigenvalue weighted by molar-refractivity contribution is 0.514. The highest BCUT2D eigenvalue weighted by Gasteiger charge is 2.16. The van der Waals surface area contributed by atoms with Crippen molar-refractivity contribution in [2.45, 2.75) is 41.5 Å². The van der Waals surface area contributed by atoms with Crippen molar-refractivity contribution in [3.05, 3.63) is 200 Å². The molecule has 0 fully saturated rings. The molecule has 0 nitrogen and oxygen atoms in total. The van der Waals surface area contributed by atoms with E-state index in [-0.39, 0.29) is 32.8 Å². The van der Waals surface area contributed by atoms with Crippen LogP contribution in [0.1, 0.15) is 33.4 Å². The highest BCUT2D eigenvalue weighted by atomic mass is 35.5. The molecule has 6 heteroatoms.